The second-order valence-corrected chi connectivity index (χ2v) is 6.18. The Morgan fingerprint density at radius 3 is 2.46 bits per heavy atom. The van der Waals surface area contributed by atoms with Crippen molar-refractivity contribution in [2.24, 2.45) is 0 Å². The molecule has 0 aliphatic carbocycles. The van der Waals surface area contributed by atoms with Crippen LogP contribution in [0.25, 0.3) is 0 Å². The third kappa shape index (κ3) is 4.66. The fourth-order valence-corrected chi connectivity index (χ4v) is 2.39. The van der Waals surface area contributed by atoms with Gasteiger partial charge in [0.2, 0.25) is 5.76 Å². The average molecular weight is 405 g/mol. The summed E-state index contributed by atoms with van der Waals surface area (Å²) in [4.78, 5) is 34.7. The maximum atomic E-state index is 12.0. The number of rotatable bonds is 7. The van der Waals surface area contributed by atoms with Crippen LogP contribution < -0.4 is 0 Å². The van der Waals surface area contributed by atoms with Crippen molar-refractivity contribution in [3.05, 3.63) is 45.3 Å². The Labute approximate surface area is 157 Å². The van der Waals surface area contributed by atoms with Gasteiger partial charge in [-0.3, -0.25) is 9.59 Å². The van der Waals surface area contributed by atoms with Crippen molar-refractivity contribution in [1.29, 1.82) is 0 Å². The number of aliphatic hydroxyl groups excluding tert-OH is 3. The molecule has 26 heavy (non-hydrogen) atoms. The Kier molecular flexibility index (Phi) is 6.47. The van der Waals surface area contributed by atoms with Gasteiger partial charge < -0.3 is 24.8 Å². The van der Waals surface area contributed by atoms with Crippen LogP contribution >= 0.6 is 23.2 Å². The number of carbonyl (C=O) groups is 3. The zero-order chi connectivity index (χ0) is 19.4. The number of carbonyl (C=O) groups excluding carboxylic acids is 3. The third-order valence-electron chi connectivity index (χ3n) is 3.50. The minimum atomic E-state index is -1.57. The van der Waals surface area contributed by atoms with Crippen LogP contribution in [0.2, 0.25) is 10.0 Å². The van der Waals surface area contributed by atoms with E-state index in [2.05, 4.69) is 4.74 Å². The third-order valence-corrected chi connectivity index (χ3v) is 4.24. The summed E-state index contributed by atoms with van der Waals surface area (Å²) in [6.07, 6.45) is -3.51. The Morgan fingerprint density at radius 1 is 1.19 bits per heavy atom. The molecular weight excluding hydrogens is 391 g/mol. The molecule has 2 rings (SSSR count). The van der Waals surface area contributed by atoms with Gasteiger partial charge in [0.1, 0.15) is 12.7 Å². The van der Waals surface area contributed by atoms with Crippen LogP contribution in [-0.4, -0.2) is 51.9 Å². The predicted molar refractivity (Wildman–Crippen MR) is 89.2 cm³/mol. The van der Waals surface area contributed by atoms with E-state index in [1.807, 2.05) is 0 Å². The lowest BCUT2D eigenvalue weighted by Crippen LogP contribution is -2.33. The summed E-state index contributed by atoms with van der Waals surface area (Å²) >= 11 is 11.6. The Balaban J connectivity index is 1.79. The van der Waals surface area contributed by atoms with Crippen molar-refractivity contribution in [2.45, 2.75) is 25.0 Å². The van der Waals surface area contributed by atoms with Crippen LogP contribution in [0, 0.1) is 0 Å². The van der Waals surface area contributed by atoms with Crippen molar-refractivity contribution < 1.29 is 39.2 Å². The topological polar surface area (TPSA) is 130 Å². The number of cyclic esters (lactones) is 1. The second kappa shape index (κ2) is 8.39. The first kappa shape index (κ1) is 20.0. The van der Waals surface area contributed by atoms with Crippen LogP contribution in [0.5, 0.6) is 0 Å². The number of hydrogen-bond donors (Lipinski definition) is 3. The van der Waals surface area contributed by atoms with Gasteiger partial charge in [0.25, 0.3) is 0 Å². The van der Waals surface area contributed by atoms with E-state index < -0.39 is 42.3 Å². The summed E-state index contributed by atoms with van der Waals surface area (Å²) in [5.74, 6) is -4.17. The number of esters is 2. The summed E-state index contributed by atoms with van der Waals surface area (Å²) in [6.45, 7) is -0.602. The highest BCUT2D eigenvalue weighted by atomic mass is 35.5. The Morgan fingerprint density at radius 2 is 1.88 bits per heavy atom. The van der Waals surface area contributed by atoms with Crippen molar-refractivity contribution in [1.82, 2.24) is 0 Å². The molecule has 2 atom stereocenters. The quantitative estimate of drug-likeness (QED) is 0.465. The lowest BCUT2D eigenvalue weighted by atomic mass is 10.1. The predicted octanol–water partition coefficient (Wildman–Crippen LogP) is 2.11. The van der Waals surface area contributed by atoms with E-state index in [4.69, 9.17) is 33.0 Å². The van der Waals surface area contributed by atoms with Gasteiger partial charge in [-0.25, -0.2) is 4.79 Å². The average Bonchev–Trinajstić information content (AvgIpc) is 2.87. The van der Waals surface area contributed by atoms with E-state index in [1.54, 1.807) is 0 Å². The van der Waals surface area contributed by atoms with Gasteiger partial charge in [0.05, 0.1) is 16.5 Å². The van der Waals surface area contributed by atoms with E-state index in [9.17, 15) is 24.6 Å². The summed E-state index contributed by atoms with van der Waals surface area (Å²) in [5.41, 5.74) is 0.288. The van der Waals surface area contributed by atoms with Gasteiger partial charge in [-0.2, -0.15) is 0 Å². The molecule has 3 N–H and O–H groups in total. The minimum Gasteiger partial charge on any atom is -0.505 e. The van der Waals surface area contributed by atoms with Gasteiger partial charge in [0.15, 0.2) is 17.6 Å². The summed E-state index contributed by atoms with van der Waals surface area (Å²) in [5, 5.41) is 28.8. The van der Waals surface area contributed by atoms with E-state index in [-0.39, 0.29) is 29.2 Å². The molecule has 0 fully saturated rings. The zero-order valence-corrected chi connectivity index (χ0v) is 14.7. The van der Waals surface area contributed by atoms with Crippen LogP contribution in [0.1, 0.15) is 23.2 Å². The molecule has 2 unspecified atom stereocenters. The number of ketones is 1. The molecule has 0 spiro atoms. The number of Topliss-reactive ketones (excluding diaryl/α,β-unsaturated/α-hetero) is 1. The fraction of sp³-hybridized carbons (Fsp3) is 0.312. The van der Waals surface area contributed by atoms with E-state index >= 15 is 0 Å². The van der Waals surface area contributed by atoms with Gasteiger partial charge in [-0.15, -0.1) is 0 Å². The highest BCUT2D eigenvalue weighted by Gasteiger charge is 2.39. The van der Waals surface area contributed by atoms with Crippen molar-refractivity contribution in [3.8, 4) is 0 Å². The van der Waals surface area contributed by atoms with Crippen molar-refractivity contribution >= 4 is 40.9 Å². The Hall–Kier alpha value is -2.29. The van der Waals surface area contributed by atoms with Crippen molar-refractivity contribution in [2.75, 3.05) is 6.61 Å². The molecule has 0 saturated heterocycles. The lowest BCUT2D eigenvalue weighted by molar-refractivity contribution is -0.154. The van der Waals surface area contributed by atoms with E-state index in [0.717, 1.165) is 0 Å². The van der Waals surface area contributed by atoms with Crippen LogP contribution in [-0.2, 0) is 19.1 Å². The number of aliphatic hydroxyl groups is 3. The summed E-state index contributed by atoms with van der Waals surface area (Å²) < 4.78 is 9.29. The monoisotopic (exact) mass is 404 g/mol. The molecule has 1 aliphatic heterocycles. The molecule has 0 radical (unpaired) electrons. The molecule has 1 aromatic carbocycles. The maximum Gasteiger partial charge on any atom is 0.377 e. The Bertz CT molecular complexity index is 774. The number of hydrogen-bond acceptors (Lipinski definition) is 8. The second-order valence-electron chi connectivity index (χ2n) is 5.36. The largest absolute Gasteiger partial charge is 0.505 e. The van der Waals surface area contributed by atoms with Gasteiger partial charge >= 0.3 is 11.9 Å². The molecule has 1 heterocycles. The molecular formula is C16H14Cl2O8. The summed E-state index contributed by atoms with van der Waals surface area (Å²) in [7, 11) is 0. The smallest absolute Gasteiger partial charge is 0.377 e. The standard InChI is InChI=1S/C16H14Cl2O8/c17-8-2-1-7(5-9(8)18)10(19)3-4-12(21)25-6-11(20)15-13(22)14(23)16(24)26-15/h1-2,5,11,15,20,22-23H,3-4,6H2. The van der Waals surface area contributed by atoms with Crippen molar-refractivity contribution in [3.63, 3.8) is 0 Å². The fourth-order valence-electron chi connectivity index (χ4n) is 2.09. The highest BCUT2D eigenvalue weighted by molar-refractivity contribution is 6.42. The van der Waals surface area contributed by atoms with Gasteiger partial charge in [0, 0.05) is 12.0 Å². The maximum absolute atomic E-state index is 12.0. The highest BCUT2D eigenvalue weighted by Crippen LogP contribution is 2.24. The SMILES string of the molecule is O=C(CCC(=O)c1ccc(Cl)c(Cl)c1)OCC(O)C1OC(=O)C(O)=C1O. The van der Waals surface area contributed by atoms with Crippen LogP contribution in [0.3, 0.4) is 0 Å². The first-order valence-electron chi connectivity index (χ1n) is 7.35. The molecule has 10 heteroatoms. The zero-order valence-electron chi connectivity index (χ0n) is 13.1. The molecule has 1 aromatic rings. The molecule has 0 bridgehead atoms. The first-order valence-corrected chi connectivity index (χ1v) is 8.11. The van der Waals surface area contributed by atoms with Crippen LogP contribution in [0.4, 0.5) is 0 Å². The number of halogens is 2. The lowest BCUT2D eigenvalue weighted by Gasteiger charge is -2.17. The molecule has 0 aromatic heterocycles. The molecule has 140 valence electrons. The van der Waals surface area contributed by atoms with Gasteiger partial charge in [-0.1, -0.05) is 23.2 Å². The van der Waals surface area contributed by atoms with Crippen LogP contribution in [0.15, 0.2) is 29.7 Å². The molecule has 0 amide bonds. The van der Waals surface area contributed by atoms with E-state index in [0.29, 0.717) is 5.02 Å². The number of ether oxygens (including phenoxy) is 2. The minimum absolute atomic E-state index is 0.156. The molecule has 1 aliphatic rings. The summed E-state index contributed by atoms with van der Waals surface area (Å²) in [6, 6.07) is 4.32. The van der Waals surface area contributed by atoms with Gasteiger partial charge in [-0.05, 0) is 18.2 Å². The molecule has 0 saturated carbocycles. The normalized spacial score (nSPS) is 17.8. The first-order chi connectivity index (χ1) is 12.2. The molecule has 8 nitrogen and oxygen atoms in total. The number of benzene rings is 1. The van der Waals surface area contributed by atoms with E-state index in [1.165, 1.54) is 18.2 Å².